The first-order valence-corrected chi connectivity index (χ1v) is 27.1. The number of methoxy groups -OCH3 is 3. The van der Waals surface area contributed by atoms with E-state index in [1.165, 1.54) is 18.4 Å². The van der Waals surface area contributed by atoms with Gasteiger partial charge >= 0.3 is 11.9 Å². The maximum atomic E-state index is 11.0. The van der Waals surface area contributed by atoms with Gasteiger partial charge in [-0.25, -0.2) is 9.59 Å². The molecule has 2 fully saturated rings. The Labute approximate surface area is 453 Å². The van der Waals surface area contributed by atoms with Gasteiger partial charge in [-0.1, -0.05) is 32.6 Å². The van der Waals surface area contributed by atoms with Crippen LogP contribution in [-0.2, 0) is 44.6 Å². The van der Waals surface area contributed by atoms with E-state index in [0.29, 0.717) is 39.0 Å². The summed E-state index contributed by atoms with van der Waals surface area (Å²) in [5.74, 6) is 5.48. The van der Waals surface area contributed by atoms with Crippen molar-refractivity contribution in [2.24, 2.45) is 23.7 Å². The van der Waals surface area contributed by atoms with Crippen molar-refractivity contribution < 1.29 is 61.9 Å². The second-order valence-corrected chi connectivity index (χ2v) is 18.6. The molecule has 1 N–H and O–H groups in total. The maximum absolute atomic E-state index is 11.0. The van der Waals surface area contributed by atoms with Crippen LogP contribution in [0.15, 0.2) is 104 Å². The lowest BCUT2D eigenvalue weighted by atomic mass is 9.81. The van der Waals surface area contributed by atoms with Crippen molar-refractivity contribution in [2.45, 2.75) is 129 Å². The smallest absolute Gasteiger partial charge is 0.330 e. The summed E-state index contributed by atoms with van der Waals surface area (Å²) in [4.78, 5) is 53.3. The number of esters is 2. The molecular formula is C62H87NO13. The Morgan fingerprint density at radius 1 is 0.566 bits per heavy atom. The van der Waals surface area contributed by atoms with Crippen LogP contribution in [0.25, 0.3) is 0 Å². The minimum absolute atomic E-state index is 0.213. The van der Waals surface area contributed by atoms with Crippen LogP contribution >= 0.6 is 0 Å². The summed E-state index contributed by atoms with van der Waals surface area (Å²) in [6, 6.07) is 21.2. The first-order chi connectivity index (χ1) is 37.1. The second-order valence-electron chi connectivity index (χ2n) is 18.6. The third-order valence-electron chi connectivity index (χ3n) is 12.8. The molecule has 0 aliphatic heterocycles. The van der Waals surface area contributed by atoms with Crippen molar-refractivity contribution in [1.82, 2.24) is 0 Å². The van der Waals surface area contributed by atoms with Gasteiger partial charge in [0.05, 0.1) is 47.3 Å². The zero-order valence-corrected chi connectivity index (χ0v) is 45.9. The fraction of sp³-hybridized carbons (Fsp3) is 0.516. The molecule has 0 unspecified atom stereocenters. The van der Waals surface area contributed by atoms with Crippen molar-refractivity contribution in [2.75, 3.05) is 54.4 Å². The number of unbranched alkanes of at least 4 members (excludes halogenated alkanes) is 7. The molecule has 418 valence electrons. The van der Waals surface area contributed by atoms with E-state index < -0.39 is 0 Å². The fourth-order valence-corrected chi connectivity index (χ4v) is 8.18. The molecule has 14 nitrogen and oxygen atoms in total. The largest absolute Gasteiger partial charge is 0.497 e. The molecule has 0 spiro atoms. The van der Waals surface area contributed by atoms with E-state index in [1.54, 1.807) is 21.3 Å². The lowest BCUT2D eigenvalue weighted by molar-refractivity contribution is -0.138. The first kappa shape index (κ1) is 65.6. The summed E-state index contributed by atoms with van der Waals surface area (Å²) in [6.07, 6.45) is 27.3. The minimum atomic E-state index is -0.362. The zero-order chi connectivity index (χ0) is 55.4. The quantitative estimate of drug-likeness (QED) is 0.0156. The van der Waals surface area contributed by atoms with Crippen molar-refractivity contribution in [3.05, 3.63) is 115 Å². The highest BCUT2D eigenvalue weighted by Gasteiger charge is 2.25. The van der Waals surface area contributed by atoms with Gasteiger partial charge in [0.2, 0.25) is 0 Å². The van der Waals surface area contributed by atoms with Crippen molar-refractivity contribution in [3.8, 4) is 28.7 Å². The molecule has 0 saturated heterocycles. The van der Waals surface area contributed by atoms with Crippen LogP contribution in [0.4, 0.5) is 0 Å². The number of hydrogen-bond acceptors (Lipinski definition) is 14. The van der Waals surface area contributed by atoms with E-state index in [2.05, 4.69) is 26.2 Å². The fourth-order valence-electron chi connectivity index (χ4n) is 8.18. The normalized spacial score (nSPS) is 16.6. The molecule has 3 aromatic rings. The predicted molar refractivity (Wildman–Crippen MR) is 299 cm³/mol. The van der Waals surface area contributed by atoms with Crippen LogP contribution in [0.2, 0.25) is 0 Å². The molecule has 5 rings (SSSR count). The van der Waals surface area contributed by atoms with Crippen LogP contribution in [-0.4, -0.2) is 91.4 Å². The number of hydrogen-bond donors (Lipinski definition) is 1. The van der Waals surface area contributed by atoms with Crippen molar-refractivity contribution in [3.63, 3.8) is 0 Å². The minimum Gasteiger partial charge on any atom is -0.497 e. The lowest BCUT2D eigenvalue weighted by Crippen LogP contribution is -2.19. The van der Waals surface area contributed by atoms with Gasteiger partial charge in [0.1, 0.15) is 53.4 Å². The number of carbonyl (C=O) groups excluding carboxylic acids is 5. The van der Waals surface area contributed by atoms with Gasteiger partial charge in [-0.2, -0.15) is 0 Å². The Bertz CT molecular complexity index is 2090. The van der Waals surface area contributed by atoms with Crippen molar-refractivity contribution >= 4 is 37.0 Å². The Hall–Kier alpha value is -6.54. The molecule has 3 aromatic carbocycles. The van der Waals surface area contributed by atoms with Crippen LogP contribution in [0.1, 0.15) is 134 Å². The maximum Gasteiger partial charge on any atom is 0.330 e. The second kappa shape index (κ2) is 42.7. The van der Waals surface area contributed by atoms with E-state index in [9.17, 15) is 24.0 Å². The average Bonchev–Trinajstić information content (AvgIpc) is 3.47. The molecule has 14 heteroatoms. The molecule has 0 amide bonds. The van der Waals surface area contributed by atoms with Gasteiger partial charge in [-0.05, 0) is 188 Å². The predicted octanol–water partition coefficient (Wildman–Crippen LogP) is 12.9. The number of allylic oxidation sites excluding steroid dienone is 2. The van der Waals surface area contributed by atoms with Gasteiger partial charge in [-0.15, -0.1) is 0 Å². The number of carbonyl (C=O) groups is 5. The molecule has 2 aliphatic carbocycles. The third kappa shape index (κ3) is 29.5. The average molecular weight is 1050 g/mol. The summed E-state index contributed by atoms with van der Waals surface area (Å²) >= 11 is 0. The molecule has 0 radical (unpaired) electrons. The van der Waals surface area contributed by atoms with Gasteiger partial charge in [0.15, 0.2) is 0 Å². The Morgan fingerprint density at radius 2 is 1.01 bits per heavy atom. The molecule has 0 heterocycles. The number of ether oxygens (including phenoxy) is 8. The molecule has 2 aliphatic rings. The molecule has 0 aromatic heterocycles. The Kier molecular flexibility index (Phi) is 36.8. The van der Waals surface area contributed by atoms with Crippen LogP contribution in [0.5, 0.6) is 28.7 Å². The monoisotopic (exact) mass is 1050 g/mol. The lowest BCUT2D eigenvalue weighted by Gasteiger charge is -2.27. The van der Waals surface area contributed by atoms with Gasteiger partial charge in [-0.3, -0.25) is 0 Å². The summed E-state index contributed by atoms with van der Waals surface area (Å²) in [5.41, 5.74) is 1.97. The highest BCUT2D eigenvalue weighted by atomic mass is 16.5. The highest BCUT2D eigenvalue weighted by molar-refractivity contribution is 5.82. The van der Waals surface area contributed by atoms with E-state index >= 15 is 0 Å². The molecule has 0 bridgehead atoms. The molecule has 0 atom stereocenters. The van der Waals surface area contributed by atoms with Gasteiger partial charge < -0.3 is 57.7 Å². The number of aldehydes is 3. The van der Waals surface area contributed by atoms with E-state index in [-0.39, 0.29) is 29.7 Å². The molecule has 2 saturated carbocycles. The zero-order valence-electron chi connectivity index (χ0n) is 45.9. The Balaban J connectivity index is 0.000000381. The molecular weight excluding hydrogens is 967 g/mol. The van der Waals surface area contributed by atoms with Crippen LogP contribution in [0.3, 0.4) is 0 Å². The van der Waals surface area contributed by atoms with Gasteiger partial charge in [0.25, 0.3) is 0 Å². The number of rotatable bonds is 32. The highest BCUT2D eigenvalue weighted by Crippen LogP contribution is 2.34. The van der Waals surface area contributed by atoms with E-state index in [1.807, 2.05) is 66.7 Å². The number of nitrogens with one attached hydrogen (secondary N) is 1. The first-order valence-electron chi connectivity index (χ1n) is 27.1. The molecule has 76 heavy (non-hydrogen) atoms. The topological polar surface area (TPSA) is 183 Å². The van der Waals surface area contributed by atoms with Gasteiger partial charge in [0, 0.05) is 54.7 Å². The summed E-state index contributed by atoms with van der Waals surface area (Å²) in [7, 11) is 4.93. The Morgan fingerprint density at radius 3 is 1.42 bits per heavy atom. The summed E-state index contributed by atoms with van der Waals surface area (Å²) in [6.45, 7) is 11.8. The standard InChI is InChI=1S/C27H38O5.C16H22O4.C11H15NO2.C8H12O2/c1-3-5-10-26(23-13-11-22(21-28)12-14-23)32-25-17-15-24(16-18-25)30-19-8-6-7-9-20-31-27(29)4-2;1-3-16(17)20-13-7-5-4-6-12-19-15-10-8-14(18-2)9-11-15;1-13-6-5-9-3-4-11(14-2)10(7-9)8-12;9-5-7-1-2-8(6-10)4-3-7/h4,10,15-18,21-23H,2-3,5-9,11-14,19-20H2,1H3;3,8-11H,1,4-7,12-13H2,2H3;3-4,7-8,12H,5-6H2,1-2H3;5-8H,1-4H2/b26-10+;;;. The van der Waals surface area contributed by atoms with E-state index in [4.69, 9.17) is 43.3 Å². The van der Waals surface area contributed by atoms with Crippen LogP contribution < -0.4 is 23.7 Å². The van der Waals surface area contributed by atoms with Crippen LogP contribution in [0, 0.1) is 29.1 Å². The summed E-state index contributed by atoms with van der Waals surface area (Å²) < 4.78 is 42.7. The van der Waals surface area contributed by atoms with Crippen molar-refractivity contribution in [1.29, 1.82) is 5.41 Å². The number of benzene rings is 3. The third-order valence-corrected chi connectivity index (χ3v) is 12.8. The summed E-state index contributed by atoms with van der Waals surface area (Å²) in [5, 5.41) is 7.23. The van der Waals surface area contributed by atoms with E-state index in [0.717, 1.165) is 186 Å². The SMILES string of the molecule is C=CC(=O)OCCCCCCOc1ccc(O/C(=C/CCC)C2CCC(C=O)CC2)cc1.C=CC(=O)OCCCCCCOc1ccc(OC)cc1.COCCc1ccc(OC)c(C=N)c1.O=CC1CCC(C=O)CC1.